The third-order valence-corrected chi connectivity index (χ3v) is 5.12. The van der Waals surface area contributed by atoms with Gasteiger partial charge in [-0.05, 0) is 51.1 Å². The fourth-order valence-electron chi connectivity index (χ4n) is 3.70. The van der Waals surface area contributed by atoms with Crippen LogP contribution in [0.4, 0.5) is 10.6 Å². The number of hydrogen-bond acceptors (Lipinski definition) is 5. The van der Waals surface area contributed by atoms with Crippen LogP contribution >= 0.6 is 0 Å². The van der Waals surface area contributed by atoms with E-state index in [1.807, 2.05) is 50.6 Å². The third kappa shape index (κ3) is 4.15. The van der Waals surface area contributed by atoms with E-state index in [1.54, 1.807) is 25.3 Å². The Morgan fingerprint density at radius 1 is 1.25 bits per heavy atom. The van der Waals surface area contributed by atoms with Crippen molar-refractivity contribution in [3.63, 3.8) is 0 Å². The molecule has 164 valence electrons. The molecule has 4 aromatic rings. The summed E-state index contributed by atoms with van der Waals surface area (Å²) < 4.78 is 7.42. The Bertz CT molecular complexity index is 1300. The molecular weight excluding hydrogens is 403 g/mol. The topological polar surface area (TPSA) is 79.3 Å². The van der Waals surface area contributed by atoms with Crippen LogP contribution in [-0.2, 0) is 18.3 Å². The number of hydrogen-bond donors (Lipinski definition) is 1. The monoisotopic (exact) mass is 430 g/mol. The van der Waals surface area contributed by atoms with E-state index >= 15 is 0 Å². The number of benzene rings is 1. The molecule has 3 aromatic heterocycles. The molecule has 9 heteroatoms. The largest absolute Gasteiger partial charge is 0.444 e. The average Bonchev–Trinajstić information content (AvgIpc) is 3.29. The zero-order chi connectivity index (χ0) is 23.2. The lowest BCUT2D eigenvalue weighted by Crippen LogP contribution is -2.33. The van der Waals surface area contributed by atoms with E-state index in [9.17, 15) is 4.79 Å². The highest BCUT2D eigenvalue weighted by molar-refractivity contribution is 6.20. The van der Waals surface area contributed by atoms with Gasteiger partial charge >= 0.3 is 6.09 Å². The van der Waals surface area contributed by atoms with E-state index in [2.05, 4.69) is 22.1 Å². The number of amides is 1. The molecular formula is C23H27BN6O2. The van der Waals surface area contributed by atoms with E-state index < -0.39 is 5.60 Å². The van der Waals surface area contributed by atoms with Crippen molar-refractivity contribution in [2.24, 2.45) is 7.05 Å². The van der Waals surface area contributed by atoms with Crippen LogP contribution in [0.1, 0.15) is 26.3 Å². The molecule has 2 radical (unpaired) electrons. The van der Waals surface area contributed by atoms with Gasteiger partial charge in [0.05, 0.1) is 11.8 Å². The number of aromatic amines is 1. The zero-order valence-corrected chi connectivity index (χ0v) is 19.3. The first-order valence-corrected chi connectivity index (χ1v) is 10.4. The van der Waals surface area contributed by atoms with E-state index in [0.717, 1.165) is 38.9 Å². The minimum atomic E-state index is -0.530. The number of anilines is 1. The highest BCUT2D eigenvalue weighted by Gasteiger charge is 2.20. The fraction of sp³-hybridized carbons (Fsp3) is 0.348. The van der Waals surface area contributed by atoms with Crippen LogP contribution in [0.15, 0.2) is 36.7 Å². The molecule has 0 aliphatic heterocycles. The van der Waals surface area contributed by atoms with Crippen molar-refractivity contribution in [1.29, 1.82) is 0 Å². The first-order valence-electron chi connectivity index (χ1n) is 10.4. The third-order valence-electron chi connectivity index (χ3n) is 5.12. The van der Waals surface area contributed by atoms with Gasteiger partial charge < -0.3 is 24.0 Å². The summed E-state index contributed by atoms with van der Waals surface area (Å²) in [5.74, 6) is 0.606. The van der Waals surface area contributed by atoms with Crippen molar-refractivity contribution in [3.8, 4) is 11.3 Å². The van der Waals surface area contributed by atoms with E-state index in [4.69, 9.17) is 17.7 Å². The number of pyridine rings is 1. The molecule has 3 heterocycles. The lowest BCUT2D eigenvalue weighted by molar-refractivity contribution is 0.0285. The maximum atomic E-state index is 12.3. The van der Waals surface area contributed by atoms with Crippen molar-refractivity contribution >= 4 is 42.0 Å². The van der Waals surface area contributed by atoms with Crippen LogP contribution in [0, 0.1) is 0 Å². The van der Waals surface area contributed by atoms with Gasteiger partial charge in [-0.3, -0.25) is 0 Å². The van der Waals surface area contributed by atoms with Gasteiger partial charge in [-0.15, -0.1) is 0 Å². The normalized spacial score (nSPS) is 11.8. The summed E-state index contributed by atoms with van der Waals surface area (Å²) in [7, 11) is 11.4. The number of nitrogens with zero attached hydrogens (tertiary/aromatic N) is 5. The second-order valence-corrected chi connectivity index (χ2v) is 9.08. The number of carbonyl (C=O) groups is 1. The van der Waals surface area contributed by atoms with E-state index in [-0.39, 0.29) is 6.09 Å². The molecule has 1 N–H and O–H groups in total. The second kappa shape index (κ2) is 7.89. The molecule has 0 saturated carbocycles. The Hall–Kier alpha value is -3.49. The molecule has 0 aliphatic rings. The predicted molar refractivity (Wildman–Crippen MR) is 128 cm³/mol. The number of nitrogens with one attached hydrogen (secondary N) is 1. The van der Waals surface area contributed by atoms with Gasteiger partial charge in [0, 0.05) is 31.7 Å². The molecule has 0 spiro atoms. The van der Waals surface area contributed by atoms with Gasteiger partial charge in [-0.1, -0.05) is 18.2 Å². The maximum absolute atomic E-state index is 12.3. The predicted octanol–water partition coefficient (Wildman–Crippen LogP) is 4.00. The Morgan fingerprint density at radius 3 is 2.69 bits per heavy atom. The van der Waals surface area contributed by atoms with Crippen molar-refractivity contribution in [2.75, 3.05) is 18.9 Å². The molecule has 0 saturated heterocycles. The minimum absolute atomic E-state index is 0.352. The van der Waals surface area contributed by atoms with Crippen LogP contribution < -0.4 is 4.81 Å². The molecule has 0 aliphatic carbocycles. The van der Waals surface area contributed by atoms with Crippen molar-refractivity contribution in [1.82, 2.24) is 24.4 Å². The number of fused-ring (bicyclic) bond motifs is 3. The lowest BCUT2D eigenvalue weighted by Gasteiger charge is -2.24. The Kier molecular flexibility index (Phi) is 5.36. The van der Waals surface area contributed by atoms with Crippen LogP contribution in [0.5, 0.6) is 0 Å². The van der Waals surface area contributed by atoms with Gasteiger partial charge in [0.2, 0.25) is 7.98 Å². The highest BCUT2D eigenvalue weighted by Crippen LogP contribution is 2.32. The molecule has 0 unspecified atom stereocenters. The zero-order valence-electron chi connectivity index (χ0n) is 19.3. The van der Waals surface area contributed by atoms with Crippen molar-refractivity contribution < 1.29 is 9.53 Å². The quantitative estimate of drug-likeness (QED) is 0.495. The first-order chi connectivity index (χ1) is 15.0. The minimum Gasteiger partial charge on any atom is -0.444 e. The Balaban J connectivity index is 1.69. The number of H-pyrrole nitrogens is 1. The molecule has 8 nitrogen and oxygen atoms in total. The van der Waals surface area contributed by atoms with Gasteiger partial charge in [-0.25, -0.2) is 14.8 Å². The van der Waals surface area contributed by atoms with Gasteiger partial charge in [-0.2, -0.15) is 0 Å². The van der Waals surface area contributed by atoms with Gasteiger partial charge in [0.1, 0.15) is 22.6 Å². The highest BCUT2D eigenvalue weighted by atomic mass is 16.6. The lowest BCUT2D eigenvalue weighted by atomic mass is 10.1. The molecule has 0 bridgehead atoms. The fourth-order valence-corrected chi connectivity index (χ4v) is 3.70. The van der Waals surface area contributed by atoms with Crippen LogP contribution in [0.3, 0.4) is 0 Å². The first kappa shape index (κ1) is 21.7. The van der Waals surface area contributed by atoms with E-state index in [1.165, 1.54) is 4.81 Å². The van der Waals surface area contributed by atoms with E-state index in [0.29, 0.717) is 12.4 Å². The van der Waals surface area contributed by atoms with Crippen LogP contribution in [0.2, 0.25) is 0 Å². The Labute approximate surface area is 188 Å². The smallest absolute Gasteiger partial charge is 0.410 e. The summed E-state index contributed by atoms with van der Waals surface area (Å²) in [4.78, 5) is 27.9. The summed E-state index contributed by atoms with van der Waals surface area (Å²) in [5.41, 5.74) is 4.84. The van der Waals surface area contributed by atoms with Gasteiger partial charge in [0.25, 0.3) is 0 Å². The van der Waals surface area contributed by atoms with Crippen molar-refractivity contribution in [2.45, 2.75) is 32.9 Å². The molecule has 0 fully saturated rings. The molecule has 0 atom stereocenters. The molecule has 32 heavy (non-hydrogen) atoms. The van der Waals surface area contributed by atoms with Crippen LogP contribution in [-0.4, -0.2) is 58.2 Å². The summed E-state index contributed by atoms with van der Waals surface area (Å²) in [6.07, 6.45) is 1.41. The number of imidazole rings is 1. The molecule has 1 amide bonds. The summed E-state index contributed by atoms with van der Waals surface area (Å²) in [6.45, 7) is 6.01. The standard InChI is InChI=1S/C23H27BN6O2/c1-23(2,3)32-22(31)28(4)12-14-8-7-9-15(10-14)17-11-16-19-18(25-13-29(19)5)21(30(6)24)27-20(16)26-17/h7-11,13H,12H2,1-6H3,(H,26,27). The number of aromatic nitrogens is 4. The number of aryl methyl sites for hydroxylation is 1. The number of carbonyl (C=O) groups excluding carboxylic acids is 1. The molecule has 4 rings (SSSR count). The number of ether oxygens (including phenoxy) is 1. The van der Waals surface area contributed by atoms with Crippen LogP contribution in [0.25, 0.3) is 33.3 Å². The number of rotatable bonds is 4. The SMILES string of the molecule is [B]N(C)c1nc2[nH]c(-c3cccc(CN(C)C(=O)OC(C)(C)C)c3)cc2c2c1ncn2C. The maximum Gasteiger partial charge on any atom is 0.410 e. The second-order valence-electron chi connectivity index (χ2n) is 9.08. The summed E-state index contributed by atoms with van der Waals surface area (Å²) >= 11 is 0. The Morgan fingerprint density at radius 2 is 2.00 bits per heavy atom. The summed E-state index contributed by atoms with van der Waals surface area (Å²) in [5, 5.41) is 0.969. The van der Waals surface area contributed by atoms with Gasteiger partial charge in [0.15, 0.2) is 0 Å². The van der Waals surface area contributed by atoms with Crippen molar-refractivity contribution in [3.05, 3.63) is 42.2 Å². The average molecular weight is 430 g/mol. The summed E-state index contributed by atoms with van der Waals surface area (Å²) in [6, 6.07) is 10.1. The molecule has 1 aromatic carbocycles.